The second-order valence-electron chi connectivity index (χ2n) is 6.58. The number of hydrogen-bond donors (Lipinski definition) is 3. The van der Waals surface area contributed by atoms with Crippen LogP contribution < -0.4 is 20.9 Å². The van der Waals surface area contributed by atoms with E-state index in [1.165, 1.54) is 0 Å². The van der Waals surface area contributed by atoms with Gasteiger partial charge < -0.3 is 24.9 Å². The summed E-state index contributed by atoms with van der Waals surface area (Å²) in [5.74, 6) is 0.951. The first-order valence-corrected chi connectivity index (χ1v) is 10.1. The number of nitrogens with one attached hydrogen (secondary N) is 3. The van der Waals surface area contributed by atoms with Gasteiger partial charge in [0.25, 0.3) is 11.5 Å². The summed E-state index contributed by atoms with van der Waals surface area (Å²) in [5.41, 5.74) is 3.31. The van der Waals surface area contributed by atoms with Gasteiger partial charge in [-0.1, -0.05) is 19.0 Å². The van der Waals surface area contributed by atoms with E-state index in [2.05, 4.69) is 25.8 Å². The molecule has 0 bridgehead atoms. The maximum atomic E-state index is 12.3. The van der Waals surface area contributed by atoms with Crippen LogP contribution in [0.15, 0.2) is 39.9 Å². The van der Waals surface area contributed by atoms with E-state index in [1.807, 2.05) is 34.6 Å². The van der Waals surface area contributed by atoms with Gasteiger partial charge in [-0.15, -0.1) is 0 Å². The molecule has 1 amide bonds. The van der Waals surface area contributed by atoms with Crippen molar-refractivity contribution in [1.29, 1.82) is 0 Å². The van der Waals surface area contributed by atoms with Gasteiger partial charge in [0.05, 0.1) is 23.6 Å². The fourth-order valence-corrected chi connectivity index (χ4v) is 2.89. The SMILES string of the molecule is CC.CNC(=O)COc1ccc(C(C)Nc2cc(-c3c(C)noc3C)c[nH]c2=O)nc1. The smallest absolute Gasteiger partial charge is 0.271 e. The van der Waals surface area contributed by atoms with Gasteiger partial charge in [-0.2, -0.15) is 0 Å². The quantitative estimate of drug-likeness (QED) is 0.528. The van der Waals surface area contributed by atoms with Gasteiger partial charge in [-0.05, 0) is 39.0 Å². The molecule has 166 valence electrons. The van der Waals surface area contributed by atoms with E-state index < -0.39 is 0 Å². The van der Waals surface area contributed by atoms with Crippen molar-refractivity contribution in [2.75, 3.05) is 19.0 Å². The van der Waals surface area contributed by atoms with Crippen molar-refractivity contribution in [3.05, 3.63) is 58.1 Å². The van der Waals surface area contributed by atoms with Crippen LogP contribution in [0.2, 0.25) is 0 Å². The first-order chi connectivity index (χ1) is 14.9. The minimum absolute atomic E-state index is 0.0742. The van der Waals surface area contributed by atoms with Gasteiger partial charge in [-0.25, -0.2) is 0 Å². The molecule has 3 N–H and O–H groups in total. The van der Waals surface area contributed by atoms with Gasteiger partial charge in [-0.3, -0.25) is 14.6 Å². The highest BCUT2D eigenvalue weighted by Crippen LogP contribution is 2.27. The molecule has 31 heavy (non-hydrogen) atoms. The number of anilines is 1. The Balaban J connectivity index is 0.00000166. The Morgan fingerprint density at radius 1 is 1.29 bits per heavy atom. The molecular formula is C22H29N5O4. The Morgan fingerprint density at radius 2 is 2.03 bits per heavy atom. The highest BCUT2D eigenvalue weighted by molar-refractivity contribution is 5.77. The summed E-state index contributed by atoms with van der Waals surface area (Å²) in [6, 6.07) is 5.05. The molecule has 0 aliphatic carbocycles. The second kappa shape index (κ2) is 11.0. The zero-order chi connectivity index (χ0) is 23.0. The largest absolute Gasteiger partial charge is 0.482 e. The van der Waals surface area contributed by atoms with Crippen molar-refractivity contribution in [1.82, 2.24) is 20.4 Å². The number of hydrogen-bond acceptors (Lipinski definition) is 7. The van der Waals surface area contributed by atoms with Crippen molar-refractivity contribution in [2.24, 2.45) is 0 Å². The molecule has 1 atom stereocenters. The van der Waals surface area contributed by atoms with Crippen LogP contribution in [0.25, 0.3) is 11.1 Å². The van der Waals surface area contributed by atoms with Gasteiger partial charge in [0.15, 0.2) is 6.61 Å². The second-order valence-corrected chi connectivity index (χ2v) is 6.58. The molecule has 0 saturated heterocycles. The predicted octanol–water partition coefficient (Wildman–Crippen LogP) is 3.37. The van der Waals surface area contributed by atoms with Crippen LogP contribution in [0.1, 0.15) is 44.0 Å². The molecule has 3 aromatic heterocycles. The molecule has 1 unspecified atom stereocenters. The van der Waals surface area contributed by atoms with Crippen LogP contribution >= 0.6 is 0 Å². The summed E-state index contributed by atoms with van der Waals surface area (Å²) < 4.78 is 10.6. The van der Waals surface area contributed by atoms with E-state index in [0.717, 1.165) is 22.5 Å². The standard InChI is InChI=1S/C20H23N5O4.C2H6/c1-11(16-6-5-15(9-22-16)28-10-18(26)21-4)24-17-7-14(8-23-20(17)27)19-12(2)25-29-13(19)3;1-2/h5-9,11,24H,10H2,1-4H3,(H,21,26)(H,23,27);1-2H3. The number of likely N-dealkylation sites (N-methyl/N-ethyl adjacent to an activating group) is 1. The van der Waals surface area contributed by atoms with E-state index in [0.29, 0.717) is 17.2 Å². The third kappa shape index (κ3) is 5.94. The molecule has 0 fully saturated rings. The van der Waals surface area contributed by atoms with Crippen LogP contribution in [0.5, 0.6) is 5.75 Å². The maximum Gasteiger partial charge on any atom is 0.271 e. The molecular weight excluding hydrogens is 398 g/mol. The fourth-order valence-electron chi connectivity index (χ4n) is 2.89. The number of pyridine rings is 2. The van der Waals surface area contributed by atoms with Crippen LogP contribution in [-0.4, -0.2) is 34.7 Å². The third-order valence-electron chi connectivity index (χ3n) is 4.45. The van der Waals surface area contributed by atoms with Crippen LogP contribution in [0, 0.1) is 13.8 Å². The molecule has 9 nitrogen and oxygen atoms in total. The lowest BCUT2D eigenvalue weighted by atomic mass is 10.1. The number of amides is 1. The van der Waals surface area contributed by atoms with Gasteiger partial charge in [0, 0.05) is 24.4 Å². The number of aromatic amines is 1. The van der Waals surface area contributed by atoms with Crippen molar-refractivity contribution in [3.8, 4) is 16.9 Å². The van der Waals surface area contributed by atoms with Crippen molar-refractivity contribution >= 4 is 11.6 Å². The fraction of sp³-hybridized carbons (Fsp3) is 0.364. The third-order valence-corrected chi connectivity index (χ3v) is 4.45. The molecule has 9 heteroatoms. The van der Waals surface area contributed by atoms with E-state index >= 15 is 0 Å². The zero-order valence-corrected chi connectivity index (χ0v) is 18.7. The topological polar surface area (TPSA) is 122 Å². The first kappa shape index (κ1) is 23.7. The number of nitrogens with zero attached hydrogens (tertiary/aromatic N) is 2. The Morgan fingerprint density at radius 3 is 2.61 bits per heavy atom. The minimum Gasteiger partial charge on any atom is -0.482 e. The lowest BCUT2D eigenvalue weighted by Gasteiger charge is -2.15. The number of carbonyl (C=O) groups is 1. The number of carbonyl (C=O) groups excluding carboxylic acids is 1. The molecule has 0 radical (unpaired) electrons. The van der Waals surface area contributed by atoms with E-state index in [1.54, 1.807) is 37.6 Å². The Bertz CT molecular complexity index is 1040. The van der Waals surface area contributed by atoms with Gasteiger partial charge in [0.1, 0.15) is 17.2 Å². The van der Waals surface area contributed by atoms with Crippen LogP contribution in [-0.2, 0) is 4.79 Å². The van der Waals surface area contributed by atoms with Crippen LogP contribution in [0.3, 0.4) is 0 Å². The van der Waals surface area contributed by atoms with E-state index in [4.69, 9.17) is 9.26 Å². The summed E-state index contributed by atoms with van der Waals surface area (Å²) in [7, 11) is 1.54. The maximum absolute atomic E-state index is 12.3. The van der Waals surface area contributed by atoms with E-state index in [-0.39, 0.29) is 24.1 Å². The predicted molar refractivity (Wildman–Crippen MR) is 119 cm³/mol. The first-order valence-electron chi connectivity index (χ1n) is 10.1. The molecule has 3 heterocycles. The molecule has 0 spiro atoms. The number of aryl methyl sites for hydroxylation is 2. The average molecular weight is 428 g/mol. The zero-order valence-electron chi connectivity index (χ0n) is 18.7. The summed E-state index contributed by atoms with van der Waals surface area (Å²) >= 11 is 0. The average Bonchev–Trinajstić information content (AvgIpc) is 3.13. The molecule has 0 aliphatic rings. The number of H-pyrrole nitrogens is 1. The Hall–Kier alpha value is -3.62. The number of aromatic nitrogens is 3. The van der Waals surface area contributed by atoms with E-state index in [9.17, 15) is 9.59 Å². The van der Waals surface area contributed by atoms with Crippen molar-refractivity contribution < 1.29 is 14.1 Å². The highest BCUT2D eigenvalue weighted by atomic mass is 16.5. The monoisotopic (exact) mass is 427 g/mol. The summed E-state index contributed by atoms with van der Waals surface area (Å²) in [4.78, 5) is 30.6. The Labute approximate surface area is 181 Å². The normalized spacial score (nSPS) is 11.2. The van der Waals surface area contributed by atoms with Crippen LogP contribution in [0.4, 0.5) is 5.69 Å². The molecule has 0 aliphatic heterocycles. The molecule has 0 saturated carbocycles. The lowest BCUT2D eigenvalue weighted by molar-refractivity contribution is -0.122. The van der Waals surface area contributed by atoms with Crippen molar-refractivity contribution in [3.63, 3.8) is 0 Å². The summed E-state index contributed by atoms with van der Waals surface area (Å²) in [5, 5.41) is 9.62. The molecule has 0 aromatic carbocycles. The van der Waals surface area contributed by atoms with Gasteiger partial charge in [0.2, 0.25) is 0 Å². The lowest BCUT2D eigenvalue weighted by Crippen LogP contribution is -2.24. The number of ether oxygens (including phenoxy) is 1. The Kier molecular flexibility index (Phi) is 8.36. The molecule has 3 rings (SSSR count). The highest BCUT2D eigenvalue weighted by Gasteiger charge is 2.15. The van der Waals surface area contributed by atoms with Gasteiger partial charge >= 0.3 is 0 Å². The summed E-state index contributed by atoms with van der Waals surface area (Å²) in [6.45, 7) is 9.50. The minimum atomic E-state index is -0.238. The number of rotatable bonds is 7. The summed E-state index contributed by atoms with van der Waals surface area (Å²) in [6.07, 6.45) is 3.18. The molecule has 3 aromatic rings. The van der Waals surface area contributed by atoms with Crippen molar-refractivity contribution in [2.45, 2.75) is 40.7 Å².